The fraction of sp³-hybridized carbons (Fsp3) is 0.417. The molecule has 0 saturated carbocycles. The summed E-state index contributed by atoms with van der Waals surface area (Å²) in [5.74, 6) is 0. The number of unbranched alkanes of at least 4 members (excludes halogenated alkanes) is 1. The predicted molar refractivity (Wildman–Crippen MR) is 70.5 cm³/mol. The van der Waals surface area contributed by atoms with Crippen LogP contribution in [0.2, 0.25) is 0 Å². The average molecular weight is 234 g/mol. The summed E-state index contributed by atoms with van der Waals surface area (Å²) in [6, 6.07) is 5.91. The van der Waals surface area contributed by atoms with Crippen LogP contribution in [0.25, 0.3) is 11.0 Å². The van der Waals surface area contributed by atoms with Crippen LogP contribution >= 0.6 is 0 Å². The van der Waals surface area contributed by atoms with Gasteiger partial charge in [0, 0.05) is 19.3 Å². The highest BCUT2D eigenvalue weighted by Crippen LogP contribution is 2.18. The van der Waals surface area contributed by atoms with Crippen molar-refractivity contribution in [3.8, 4) is 0 Å². The molecule has 2 aromatic rings. The molecule has 0 aliphatic rings. The Balaban J connectivity index is 2.14. The molecule has 1 aromatic heterocycles. The Morgan fingerprint density at radius 3 is 2.76 bits per heavy atom. The summed E-state index contributed by atoms with van der Waals surface area (Å²) in [6.45, 7) is 1.70. The zero-order valence-electron chi connectivity index (χ0n) is 9.99. The molecule has 0 amide bonds. The van der Waals surface area contributed by atoms with Crippen molar-refractivity contribution in [3.63, 3.8) is 0 Å². The van der Waals surface area contributed by atoms with E-state index in [0.29, 0.717) is 0 Å². The van der Waals surface area contributed by atoms with Crippen LogP contribution in [0.1, 0.15) is 12.8 Å². The number of nitrogens with one attached hydrogen (secondary N) is 2. The molecular weight excluding hydrogens is 216 g/mol. The minimum absolute atomic E-state index is 0.164. The molecule has 1 heterocycles. The van der Waals surface area contributed by atoms with Crippen molar-refractivity contribution in [1.82, 2.24) is 9.97 Å². The molecule has 5 nitrogen and oxygen atoms in total. The van der Waals surface area contributed by atoms with Crippen LogP contribution in [0.15, 0.2) is 23.0 Å². The van der Waals surface area contributed by atoms with Gasteiger partial charge in [-0.2, -0.15) is 0 Å². The molecule has 0 unspecified atom stereocenters. The summed E-state index contributed by atoms with van der Waals surface area (Å²) in [6.07, 6.45) is 2.11. The minimum Gasteiger partial charge on any atom is -0.375 e. The third-order valence-corrected chi connectivity index (χ3v) is 2.89. The fourth-order valence-electron chi connectivity index (χ4n) is 1.88. The molecule has 0 radical (unpaired) electrons. The summed E-state index contributed by atoms with van der Waals surface area (Å²) in [7, 11) is 2.04. The molecule has 92 valence electrons. The van der Waals surface area contributed by atoms with Gasteiger partial charge in [-0.15, -0.1) is 0 Å². The van der Waals surface area contributed by atoms with Gasteiger partial charge in [-0.05, 0) is 37.6 Å². The molecule has 0 atom stereocenters. The first-order valence-corrected chi connectivity index (χ1v) is 5.84. The molecule has 1 aromatic carbocycles. The first-order chi connectivity index (χ1) is 8.20. The van der Waals surface area contributed by atoms with Crippen LogP contribution < -0.4 is 16.3 Å². The van der Waals surface area contributed by atoms with E-state index in [2.05, 4.69) is 14.9 Å². The van der Waals surface area contributed by atoms with Gasteiger partial charge in [-0.25, -0.2) is 4.79 Å². The number of hydrogen-bond acceptors (Lipinski definition) is 3. The Morgan fingerprint density at radius 1 is 1.24 bits per heavy atom. The number of nitrogens with two attached hydrogens (primary N) is 1. The van der Waals surface area contributed by atoms with Gasteiger partial charge in [-0.3, -0.25) is 0 Å². The summed E-state index contributed by atoms with van der Waals surface area (Å²) >= 11 is 0. The molecule has 0 fully saturated rings. The summed E-state index contributed by atoms with van der Waals surface area (Å²) < 4.78 is 0. The second-order valence-corrected chi connectivity index (χ2v) is 4.23. The number of nitrogens with zero attached hydrogens (tertiary/aromatic N) is 1. The monoisotopic (exact) mass is 234 g/mol. The van der Waals surface area contributed by atoms with Gasteiger partial charge < -0.3 is 20.6 Å². The van der Waals surface area contributed by atoms with E-state index >= 15 is 0 Å². The highest BCUT2D eigenvalue weighted by Gasteiger charge is 2.03. The molecule has 0 bridgehead atoms. The molecule has 5 heteroatoms. The number of hydrogen-bond donors (Lipinski definition) is 3. The van der Waals surface area contributed by atoms with Crippen LogP contribution in [0.4, 0.5) is 5.69 Å². The van der Waals surface area contributed by atoms with Gasteiger partial charge >= 0.3 is 5.69 Å². The first kappa shape index (κ1) is 11.7. The number of H-pyrrole nitrogens is 2. The number of fused-ring (bicyclic) bond motifs is 1. The van der Waals surface area contributed by atoms with E-state index in [1.807, 2.05) is 25.2 Å². The molecule has 17 heavy (non-hydrogen) atoms. The van der Waals surface area contributed by atoms with Crippen molar-refractivity contribution < 1.29 is 0 Å². The highest BCUT2D eigenvalue weighted by molar-refractivity contribution is 5.78. The number of aromatic amines is 2. The van der Waals surface area contributed by atoms with Crippen LogP contribution in [-0.2, 0) is 0 Å². The Bertz CT molecular complexity index is 543. The van der Waals surface area contributed by atoms with Gasteiger partial charge in [0.15, 0.2) is 0 Å². The molecule has 0 saturated heterocycles. The predicted octanol–water partition coefficient (Wildman–Crippen LogP) is 1.03. The normalized spacial score (nSPS) is 10.9. The topological polar surface area (TPSA) is 77.9 Å². The zero-order chi connectivity index (χ0) is 12.3. The van der Waals surface area contributed by atoms with Crippen LogP contribution in [0, 0.1) is 0 Å². The maximum atomic E-state index is 11.1. The lowest BCUT2D eigenvalue weighted by atomic mass is 10.2. The van der Waals surface area contributed by atoms with E-state index in [1.165, 1.54) is 0 Å². The summed E-state index contributed by atoms with van der Waals surface area (Å²) in [5, 5.41) is 0. The number of anilines is 1. The van der Waals surface area contributed by atoms with E-state index in [9.17, 15) is 4.79 Å². The Labute approximate surface area is 99.6 Å². The van der Waals surface area contributed by atoms with Crippen LogP contribution in [0.3, 0.4) is 0 Å². The molecule has 0 spiro atoms. The molecular formula is C12H18N4O. The van der Waals surface area contributed by atoms with Gasteiger partial charge in [0.2, 0.25) is 0 Å². The lowest BCUT2D eigenvalue weighted by molar-refractivity contribution is 0.728. The Hall–Kier alpha value is -1.75. The number of aromatic nitrogens is 2. The first-order valence-electron chi connectivity index (χ1n) is 5.84. The number of benzene rings is 1. The Morgan fingerprint density at radius 2 is 2.00 bits per heavy atom. The second-order valence-electron chi connectivity index (χ2n) is 4.23. The largest absolute Gasteiger partial charge is 0.375 e. The van der Waals surface area contributed by atoms with E-state index in [-0.39, 0.29) is 5.69 Å². The van der Waals surface area contributed by atoms with Crippen molar-refractivity contribution >= 4 is 16.7 Å². The van der Waals surface area contributed by atoms with E-state index in [0.717, 1.165) is 42.7 Å². The molecule has 2 rings (SSSR count). The van der Waals surface area contributed by atoms with Gasteiger partial charge in [0.25, 0.3) is 0 Å². The lowest BCUT2D eigenvalue weighted by Crippen LogP contribution is -2.19. The third-order valence-electron chi connectivity index (χ3n) is 2.89. The van der Waals surface area contributed by atoms with E-state index < -0.39 is 0 Å². The third kappa shape index (κ3) is 2.68. The number of imidazole rings is 1. The fourth-order valence-corrected chi connectivity index (χ4v) is 1.88. The average Bonchev–Trinajstić information content (AvgIpc) is 2.68. The van der Waals surface area contributed by atoms with Crippen LogP contribution in [-0.4, -0.2) is 30.1 Å². The minimum atomic E-state index is -0.164. The van der Waals surface area contributed by atoms with Crippen molar-refractivity contribution in [2.45, 2.75) is 12.8 Å². The summed E-state index contributed by atoms with van der Waals surface area (Å²) in [5.41, 5.74) is 8.09. The number of rotatable bonds is 5. The Kier molecular flexibility index (Phi) is 3.49. The quantitative estimate of drug-likeness (QED) is 0.676. The summed E-state index contributed by atoms with van der Waals surface area (Å²) in [4.78, 5) is 18.8. The maximum Gasteiger partial charge on any atom is 0.323 e. The smallest absolute Gasteiger partial charge is 0.323 e. The highest BCUT2D eigenvalue weighted by atomic mass is 16.1. The van der Waals surface area contributed by atoms with E-state index in [4.69, 9.17) is 5.73 Å². The van der Waals surface area contributed by atoms with Gasteiger partial charge in [0.05, 0.1) is 11.0 Å². The molecule has 0 aliphatic carbocycles. The molecule has 4 N–H and O–H groups in total. The SMILES string of the molecule is CN(CCCCN)c1ccc2[nH]c(=O)[nH]c2c1. The van der Waals surface area contributed by atoms with Gasteiger partial charge in [-0.1, -0.05) is 0 Å². The van der Waals surface area contributed by atoms with Crippen molar-refractivity contribution in [1.29, 1.82) is 0 Å². The van der Waals surface area contributed by atoms with Crippen molar-refractivity contribution in [3.05, 3.63) is 28.7 Å². The zero-order valence-corrected chi connectivity index (χ0v) is 9.99. The lowest BCUT2D eigenvalue weighted by Gasteiger charge is -2.18. The molecule has 0 aliphatic heterocycles. The standard InChI is InChI=1S/C12H18N4O/c1-16(7-3-2-6-13)9-4-5-10-11(8-9)15-12(17)14-10/h4-5,8H,2-3,6-7,13H2,1H3,(H2,14,15,17). The van der Waals surface area contributed by atoms with Crippen molar-refractivity contribution in [2.75, 3.05) is 25.0 Å². The van der Waals surface area contributed by atoms with Crippen molar-refractivity contribution in [2.24, 2.45) is 5.73 Å². The van der Waals surface area contributed by atoms with Crippen LogP contribution in [0.5, 0.6) is 0 Å². The van der Waals surface area contributed by atoms with Gasteiger partial charge in [0.1, 0.15) is 0 Å². The second kappa shape index (κ2) is 5.05. The maximum absolute atomic E-state index is 11.1. The van der Waals surface area contributed by atoms with E-state index in [1.54, 1.807) is 0 Å².